The molecule has 0 amide bonds. The van der Waals surface area contributed by atoms with E-state index < -0.39 is 0 Å². The topological polar surface area (TPSA) is 43.8 Å². The summed E-state index contributed by atoms with van der Waals surface area (Å²) in [7, 11) is 1.95. The van der Waals surface area contributed by atoms with Gasteiger partial charge in [-0.05, 0) is 18.2 Å². The van der Waals surface area contributed by atoms with Crippen molar-refractivity contribution in [2.24, 2.45) is 12.8 Å². The Kier molecular flexibility index (Phi) is 3.37. The maximum Gasteiger partial charge on any atom is 0.123 e. The van der Waals surface area contributed by atoms with E-state index in [0.29, 0.717) is 11.6 Å². The number of aryl methyl sites for hydroxylation is 1. The van der Waals surface area contributed by atoms with Gasteiger partial charge >= 0.3 is 0 Å². The van der Waals surface area contributed by atoms with Crippen LogP contribution in [0.5, 0.6) is 0 Å². The van der Waals surface area contributed by atoms with Gasteiger partial charge < -0.3 is 10.3 Å². The third-order valence-corrected chi connectivity index (χ3v) is 2.35. The van der Waals surface area contributed by atoms with Crippen molar-refractivity contribution < 1.29 is 0 Å². The van der Waals surface area contributed by atoms with Gasteiger partial charge in [-0.2, -0.15) is 0 Å². The molecule has 0 radical (unpaired) electrons. The first-order valence-corrected chi connectivity index (χ1v) is 4.41. The molecule has 0 saturated carbocycles. The third kappa shape index (κ3) is 1.71. The summed E-state index contributed by atoms with van der Waals surface area (Å²) in [6.45, 7) is 0.447. The summed E-state index contributed by atoms with van der Waals surface area (Å²) in [6.07, 6.45) is 0. The second kappa shape index (κ2) is 4.17. The highest BCUT2D eigenvalue weighted by Gasteiger charge is 2.05. The van der Waals surface area contributed by atoms with E-state index in [1.807, 2.05) is 29.8 Å². The van der Waals surface area contributed by atoms with E-state index in [4.69, 9.17) is 17.3 Å². The normalized spacial score (nSPS) is 10.2. The van der Waals surface area contributed by atoms with Crippen LogP contribution in [-0.4, -0.2) is 9.55 Å². The highest BCUT2D eigenvalue weighted by atomic mass is 35.5. The number of hydrogen-bond acceptors (Lipinski definition) is 2. The van der Waals surface area contributed by atoms with Crippen molar-refractivity contribution in [1.29, 1.82) is 0 Å². The van der Waals surface area contributed by atoms with Crippen LogP contribution in [0, 0.1) is 0 Å². The molecule has 5 heteroatoms. The summed E-state index contributed by atoms with van der Waals surface area (Å²) >= 11 is 5.84. The number of aromatic nitrogens is 2. The molecule has 3 nitrogen and oxygen atoms in total. The zero-order valence-corrected chi connectivity index (χ0v) is 9.27. The molecule has 0 saturated heterocycles. The lowest BCUT2D eigenvalue weighted by molar-refractivity contribution is 0.813. The molecule has 1 aromatic heterocycles. The summed E-state index contributed by atoms with van der Waals surface area (Å²) in [4.78, 5) is 4.35. The van der Waals surface area contributed by atoms with Crippen molar-refractivity contribution in [2.45, 2.75) is 6.54 Å². The van der Waals surface area contributed by atoms with Crippen LogP contribution in [0.25, 0.3) is 11.0 Å². The van der Waals surface area contributed by atoms with E-state index in [0.717, 1.165) is 16.9 Å². The molecule has 0 fully saturated rings. The lowest BCUT2D eigenvalue weighted by Gasteiger charge is -1.97. The first-order chi connectivity index (χ1) is 6.22. The van der Waals surface area contributed by atoms with Crippen molar-refractivity contribution in [2.75, 3.05) is 0 Å². The molecule has 0 aliphatic heterocycles. The molecule has 0 spiro atoms. The molecule has 2 N–H and O–H groups in total. The lowest BCUT2D eigenvalue weighted by atomic mass is 10.3. The van der Waals surface area contributed by atoms with Crippen LogP contribution in [0.2, 0.25) is 5.02 Å². The Balaban J connectivity index is 0.000000980. The van der Waals surface area contributed by atoms with Crippen LogP contribution < -0.4 is 5.73 Å². The van der Waals surface area contributed by atoms with E-state index in [1.54, 1.807) is 0 Å². The van der Waals surface area contributed by atoms with Gasteiger partial charge in [0.05, 0.1) is 17.6 Å². The molecule has 14 heavy (non-hydrogen) atoms. The maximum atomic E-state index is 5.84. The molecule has 0 bridgehead atoms. The van der Waals surface area contributed by atoms with Crippen LogP contribution in [0.4, 0.5) is 0 Å². The second-order valence-corrected chi connectivity index (χ2v) is 3.36. The number of fused-ring (bicyclic) bond motifs is 1. The average Bonchev–Trinajstić information content (AvgIpc) is 2.42. The van der Waals surface area contributed by atoms with Gasteiger partial charge in [-0.25, -0.2) is 4.98 Å². The first kappa shape index (κ1) is 11.3. The molecule has 0 aliphatic rings. The summed E-state index contributed by atoms with van der Waals surface area (Å²) in [5.74, 6) is 0.872. The maximum absolute atomic E-state index is 5.84. The molecular formula is C9H11Cl2N3. The SMILES string of the molecule is Cl.Cn1c(CN)nc2cc(Cl)ccc21. The molecule has 0 aliphatic carbocycles. The Morgan fingerprint density at radius 3 is 2.86 bits per heavy atom. The highest BCUT2D eigenvalue weighted by Crippen LogP contribution is 2.19. The van der Waals surface area contributed by atoms with E-state index in [2.05, 4.69) is 4.98 Å². The number of benzene rings is 1. The Morgan fingerprint density at radius 2 is 2.21 bits per heavy atom. The second-order valence-electron chi connectivity index (χ2n) is 2.92. The molecule has 0 unspecified atom stereocenters. The number of nitrogens with zero attached hydrogens (tertiary/aromatic N) is 2. The first-order valence-electron chi connectivity index (χ1n) is 4.03. The number of rotatable bonds is 1. The van der Waals surface area contributed by atoms with Crippen molar-refractivity contribution in [3.63, 3.8) is 0 Å². The van der Waals surface area contributed by atoms with Gasteiger partial charge in [0.2, 0.25) is 0 Å². The Morgan fingerprint density at radius 1 is 1.50 bits per heavy atom. The average molecular weight is 232 g/mol. The zero-order chi connectivity index (χ0) is 9.42. The van der Waals surface area contributed by atoms with Crippen LogP contribution in [0.3, 0.4) is 0 Å². The van der Waals surface area contributed by atoms with Crippen molar-refractivity contribution >= 4 is 35.0 Å². The van der Waals surface area contributed by atoms with Gasteiger partial charge in [-0.1, -0.05) is 11.6 Å². The van der Waals surface area contributed by atoms with Crippen molar-refractivity contribution in [3.05, 3.63) is 29.0 Å². The molecule has 76 valence electrons. The fourth-order valence-electron chi connectivity index (χ4n) is 1.41. The number of hydrogen-bond donors (Lipinski definition) is 1. The summed E-state index contributed by atoms with van der Waals surface area (Å²) in [5, 5.41) is 0.703. The van der Waals surface area contributed by atoms with Crippen molar-refractivity contribution in [3.8, 4) is 0 Å². The predicted octanol–water partition coefficient (Wildman–Crippen LogP) is 2.11. The van der Waals surface area contributed by atoms with Gasteiger partial charge in [0.25, 0.3) is 0 Å². The van der Waals surface area contributed by atoms with Crippen LogP contribution in [-0.2, 0) is 13.6 Å². The number of halogens is 2. The van der Waals surface area contributed by atoms with E-state index in [9.17, 15) is 0 Å². The minimum absolute atomic E-state index is 0. The third-order valence-electron chi connectivity index (χ3n) is 2.12. The number of imidazole rings is 1. The fraction of sp³-hybridized carbons (Fsp3) is 0.222. The molecule has 2 aromatic rings. The molecule has 2 rings (SSSR count). The standard InChI is InChI=1S/C9H10ClN3.ClH/c1-13-8-3-2-6(10)4-7(8)12-9(13)5-11;/h2-4H,5,11H2,1H3;1H. The van der Waals surface area contributed by atoms with Gasteiger partial charge in [0.15, 0.2) is 0 Å². The smallest absolute Gasteiger partial charge is 0.123 e. The fourth-order valence-corrected chi connectivity index (χ4v) is 1.57. The van der Waals surface area contributed by atoms with Gasteiger partial charge in [-0.15, -0.1) is 12.4 Å². The van der Waals surface area contributed by atoms with Gasteiger partial charge in [0, 0.05) is 12.1 Å². The Bertz CT molecular complexity index is 450. The predicted molar refractivity (Wildman–Crippen MR) is 60.9 cm³/mol. The summed E-state index contributed by atoms with van der Waals surface area (Å²) in [6, 6.07) is 5.64. The monoisotopic (exact) mass is 231 g/mol. The van der Waals surface area contributed by atoms with E-state index in [1.165, 1.54) is 0 Å². The van der Waals surface area contributed by atoms with Crippen LogP contribution in [0.15, 0.2) is 18.2 Å². The lowest BCUT2D eigenvalue weighted by Crippen LogP contribution is -2.04. The molecule has 1 heterocycles. The number of nitrogens with two attached hydrogens (primary N) is 1. The highest BCUT2D eigenvalue weighted by molar-refractivity contribution is 6.31. The van der Waals surface area contributed by atoms with Crippen LogP contribution >= 0.6 is 24.0 Å². The quantitative estimate of drug-likeness (QED) is 0.818. The Labute approximate surface area is 93.3 Å². The van der Waals surface area contributed by atoms with Crippen molar-refractivity contribution in [1.82, 2.24) is 9.55 Å². The largest absolute Gasteiger partial charge is 0.330 e. The van der Waals surface area contributed by atoms with E-state index >= 15 is 0 Å². The zero-order valence-electron chi connectivity index (χ0n) is 7.70. The minimum Gasteiger partial charge on any atom is -0.330 e. The Hall–Kier alpha value is -0.770. The summed E-state index contributed by atoms with van der Waals surface area (Å²) < 4.78 is 1.98. The van der Waals surface area contributed by atoms with Crippen LogP contribution in [0.1, 0.15) is 5.82 Å². The molecule has 1 aromatic carbocycles. The molecule has 0 atom stereocenters. The van der Waals surface area contributed by atoms with Gasteiger partial charge in [0.1, 0.15) is 5.82 Å². The van der Waals surface area contributed by atoms with E-state index in [-0.39, 0.29) is 12.4 Å². The summed E-state index contributed by atoms with van der Waals surface area (Å²) in [5.41, 5.74) is 7.49. The van der Waals surface area contributed by atoms with Gasteiger partial charge in [-0.3, -0.25) is 0 Å². The molecular weight excluding hydrogens is 221 g/mol. The minimum atomic E-state index is 0.